The fraction of sp³-hybridized carbons (Fsp3) is 0.160. The van der Waals surface area contributed by atoms with Gasteiger partial charge in [0.05, 0.1) is 28.4 Å². The van der Waals surface area contributed by atoms with E-state index < -0.39 is 11.2 Å². The molecule has 0 aliphatic carbocycles. The highest BCUT2D eigenvalue weighted by Gasteiger charge is 2.49. The Kier molecular flexibility index (Phi) is 11.3. The second-order valence-electron chi connectivity index (χ2n) is 14.2. The van der Waals surface area contributed by atoms with Crippen LogP contribution in [0.1, 0.15) is 56.2 Å². The maximum Gasteiger partial charge on any atom is 0.145 e. The molecular weight excluding hydrogens is 737 g/mol. The quantitative estimate of drug-likeness (QED) is 0.0942. The van der Waals surface area contributed by atoms with Gasteiger partial charge < -0.3 is 33.7 Å². The molecule has 2 N–H and O–H groups in total. The monoisotopic (exact) mass is 782 g/mol. The molecule has 0 saturated carbocycles. The predicted molar refractivity (Wildman–Crippen MR) is 228 cm³/mol. The van der Waals surface area contributed by atoms with Gasteiger partial charge in [0.2, 0.25) is 0 Å². The van der Waals surface area contributed by atoms with Crippen molar-refractivity contribution in [1.82, 2.24) is 19.9 Å². The summed E-state index contributed by atoms with van der Waals surface area (Å²) < 4.78 is 31.3. The van der Waals surface area contributed by atoms with Crippen molar-refractivity contribution in [2.45, 2.75) is 24.0 Å². The number of benzene rings is 6. The number of nitrogens with zero attached hydrogens (tertiary/aromatic N) is 2. The zero-order valence-corrected chi connectivity index (χ0v) is 33.5. The topological polar surface area (TPSA) is 104 Å². The molecule has 0 spiro atoms. The van der Waals surface area contributed by atoms with E-state index in [0.717, 1.165) is 79.2 Å². The lowest BCUT2D eigenvalue weighted by Gasteiger charge is -2.46. The summed E-state index contributed by atoms with van der Waals surface area (Å²) >= 11 is 0. The molecule has 0 aliphatic rings. The van der Waals surface area contributed by atoms with Gasteiger partial charge >= 0.3 is 0 Å². The number of aromatic amines is 2. The van der Waals surface area contributed by atoms with Gasteiger partial charge in [0.1, 0.15) is 45.8 Å². The first kappa shape index (κ1) is 38.8. The van der Waals surface area contributed by atoms with E-state index in [1.165, 1.54) is 0 Å². The van der Waals surface area contributed by atoms with Crippen LogP contribution >= 0.6 is 0 Å². The lowest BCUT2D eigenvalue weighted by Crippen LogP contribution is -2.44. The molecule has 2 heterocycles. The first-order chi connectivity index (χ1) is 29.0. The van der Waals surface area contributed by atoms with Crippen molar-refractivity contribution in [2.75, 3.05) is 28.4 Å². The highest BCUT2D eigenvalue weighted by molar-refractivity contribution is 5.56. The largest absolute Gasteiger partial charge is 0.497 e. The highest BCUT2D eigenvalue weighted by atomic mass is 16.5. The summed E-state index contributed by atoms with van der Waals surface area (Å²) in [7, 11) is 6.70. The number of aromatic nitrogens is 4. The van der Waals surface area contributed by atoms with E-state index in [4.69, 9.17) is 23.7 Å². The van der Waals surface area contributed by atoms with Gasteiger partial charge in [-0.05, 0) is 93.0 Å². The average molecular weight is 783 g/mol. The number of hydrogen-bond acceptors (Lipinski definition) is 7. The number of imidazole rings is 2. The third-order valence-electron chi connectivity index (χ3n) is 10.8. The first-order valence-corrected chi connectivity index (χ1v) is 19.4. The molecular formula is C50H46N4O5. The Bertz CT molecular complexity index is 2280. The fourth-order valence-corrected chi connectivity index (χ4v) is 7.86. The molecule has 6 aromatic carbocycles. The van der Waals surface area contributed by atoms with E-state index in [2.05, 4.69) is 117 Å². The van der Waals surface area contributed by atoms with Gasteiger partial charge in [-0.15, -0.1) is 0 Å². The van der Waals surface area contributed by atoms with Crippen molar-refractivity contribution in [3.05, 3.63) is 227 Å². The third-order valence-corrected chi connectivity index (χ3v) is 10.8. The molecule has 0 saturated heterocycles. The van der Waals surface area contributed by atoms with E-state index in [1.54, 1.807) is 40.8 Å². The van der Waals surface area contributed by atoms with Crippen LogP contribution in [0.4, 0.5) is 0 Å². The number of H-pyrrole nitrogens is 2. The van der Waals surface area contributed by atoms with Crippen LogP contribution in [0, 0.1) is 0 Å². The van der Waals surface area contributed by atoms with Crippen LogP contribution in [0.15, 0.2) is 170 Å². The number of methoxy groups -OCH3 is 4. The van der Waals surface area contributed by atoms with Crippen LogP contribution < -0.4 is 18.9 Å². The Hall–Kier alpha value is -7.10. The summed E-state index contributed by atoms with van der Waals surface area (Å²) in [6, 6.07) is 49.7. The Morgan fingerprint density at radius 1 is 0.407 bits per heavy atom. The minimum absolute atomic E-state index is 0.596. The molecule has 0 bridgehead atoms. The normalized spacial score (nSPS) is 11.6. The van der Waals surface area contributed by atoms with E-state index in [9.17, 15) is 0 Å². The lowest BCUT2D eigenvalue weighted by molar-refractivity contribution is -0.0811. The molecule has 9 nitrogen and oxygen atoms in total. The smallest absolute Gasteiger partial charge is 0.145 e. The number of nitrogens with one attached hydrogen (secondary N) is 2. The molecule has 0 fully saturated rings. The van der Waals surface area contributed by atoms with Crippen molar-refractivity contribution in [3.63, 3.8) is 0 Å². The third kappa shape index (κ3) is 7.80. The minimum atomic E-state index is -1.27. The number of rotatable bonds is 16. The van der Waals surface area contributed by atoms with Gasteiger partial charge in [-0.3, -0.25) is 0 Å². The SMILES string of the molecule is COc1ccc(C(OC(c2ccc(OC)cc2)(c2ccc(OC)cc2)c2cccc(Cc3ncc[nH]3)c2)(c2ccc(OC)cc2)c2cccc(Cc3ncc[nH]3)c2)cc1. The summed E-state index contributed by atoms with van der Waals surface area (Å²) in [5, 5.41) is 0. The summed E-state index contributed by atoms with van der Waals surface area (Å²) in [5.74, 6) is 4.64. The van der Waals surface area contributed by atoms with Crippen LogP contribution in [0.5, 0.6) is 23.0 Å². The molecule has 59 heavy (non-hydrogen) atoms. The van der Waals surface area contributed by atoms with E-state index >= 15 is 0 Å². The van der Waals surface area contributed by atoms with Crippen LogP contribution in [0.2, 0.25) is 0 Å². The molecule has 8 rings (SSSR count). The number of ether oxygens (including phenoxy) is 5. The molecule has 9 heteroatoms. The maximum absolute atomic E-state index is 8.41. The fourth-order valence-electron chi connectivity index (χ4n) is 7.86. The predicted octanol–water partition coefficient (Wildman–Crippen LogP) is 9.65. The second kappa shape index (κ2) is 17.2. The van der Waals surface area contributed by atoms with Crippen molar-refractivity contribution >= 4 is 0 Å². The Balaban J connectivity index is 1.48. The van der Waals surface area contributed by atoms with Crippen molar-refractivity contribution in [1.29, 1.82) is 0 Å². The molecule has 0 aliphatic heterocycles. The van der Waals surface area contributed by atoms with E-state index in [-0.39, 0.29) is 0 Å². The average Bonchev–Trinajstić information content (AvgIpc) is 4.03. The summed E-state index contributed by atoms with van der Waals surface area (Å²) in [5.41, 5.74) is 4.95. The van der Waals surface area contributed by atoms with Crippen molar-refractivity contribution in [3.8, 4) is 23.0 Å². The summed E-state index contributed by atoms with van der Waals surface area (Å²) in [6.07, 6.45) is 8.44. The van der Waals surface area contributed by atoms with Gasteiger partial charge in [0, 0.05) is 37.6 Å². The molecule has 0 amide bonds. The zero-order chi connectivity index (χ0) is 40.7. The molecule has 2 aromatic heterocycles. The van der Waals surface area contributed by atoms with E-state index in [1.807, 2.05) is 60.9 Å². The highest BCUT2D eigenvalue weighted by Crippen LogP contribution is 2.52. The molecule has 0 atom stereocenters. The Labute approximate surface area is 344 Å². The van der Waals surface area contributed by atoms with Crippen LogP contribution in [0.3, 0.4) is 0 Å². The lowest BCUT2D eigenvalue weighted by atomic mass is 9.74. The van der Waals surface area contributed by atoms with E-state index in [0.29, 0.717) is 12.8 Å². The second-order valence-corrected chi connectivity index (χ2v) is 14.2. The van der Waals surface area contributed by atoms with Crippen LogP contribution in [0.25, 0.3) is 0 Å². The molecule has 0 unspecified atom stereocenters. The maximum atomic E-state index is 8.41. The standard InChI is InChI=1S/C50H46N4O5/c1-55-43-19-11-37(12-20-43)49(38-13-21-44(56-2)22-14-38,41-9-5-7-35(31-41)33-47-51-27-28-52-47)59-50(39-15-23-45(57-3)24-16-39,40-17-25-46(58-4)26-18-40)42-10-6-8-36(32-42)34-48-53-29-30-54-48/h5-32H,33-34H2,1-4H3,(H,51,52)(H,53,54). The van der Waals surface area contributed by atoms with Crippen LogP contribution in [-0.4, -0.2) is 48.4 Å². The van der Waals surface area contributed by atoms with Crippen molar-refractivity contribution in [2.24, 2.45) is 0 Å². The van der Waals surface area contributed by atoms with Gasteiger partial charge in [-0.2, -0.15) is 0 Å². The van der Waals surface area contributed by atoms with Gasteiger partial charge in [0.15, 0.2) is 0 Å². The minimum Gasteiger partial charge on any atom is -0.497 e. The molecule has 0 radical (unpaired) electrons. The van der Waals surface area contributed by atoms with Crippen molar-refractivity contribution < 1.29 is 23.7 Å². The molecule has 8 aromatic rings. The summed E-state index contributed by atoms with van der Waals surface area (Å²) in [6.45, 7) is 0. The zero-order valence-electron chi connectivity index (χ0n) is 33.5. The number of hydrogen-bond donors (Lipinski definition) is 2. The van der Waals surface area contributed by atoms with Gasteiger partial charge in [-0.25, -0.2) is 9.97 Å². The Morgan fingerprint density at radius 3 is 1.00 bits per heavy atom. The van der Waals surface area contributed by atoms with Gasteiger partial charge in [-0.1, -0.05) is 97.1 Å². The first-order valence-electron chi connectivity index (χ1n) is 19.4. The summed E-state index contributed by atoms with van der Waals surface area (Å²) in [4.78, 5) is 15.7. The van der Waals surface area contributed by atoms with Crippen LogP contribution in [-0.2, 0) is 28.8 Å². The Morgan fingerprint density at radius 2 is 0.729 bits per heavy atom. The van der Waals surface area contributed by atoms with Gasteiger partial charge in [0.25, 0.3) is 0 Å². The molecule has 296 valence electrons.